The van der Waals surface area contributed by atoms with Gasteiger partial charge in [0, 0.05) is 18.5 Å². The van der Waals surface area contributed by atoms with Crippen LogP contribution in [-0.2, 0) is 4.79 Å². The van der Waals surface area contributed by atoms with E-state index in [1.165, 1.54) is 6.07 Å². The number of nitrogens with two attached hydrogens (primary N) is 1. The van der Waals surface area contributed by atoms with Crippen LogP contribution in [-0.4, -0.2) is 22.9 Å². The van der Waals surface area contributed by atoms with Crippen LogP contribution in [0.15, 0.2) is 18.2 Å². The van der Waals surface area contributed by atoms with Gasteiger partial charge in [0.05, 0.1) is 6.04 Å². The molecule has 1 amide bonds. The number of likely N-dealkylation sites (tertiary alicyclic amines) is 1. The van der Waals surface area contributed by atoms with Crippen LogP contribution in [0.5, 0.6) is 0 Å². The molecule has 2 N–H and O–H groups in total. The summed E-state index contributed by atoms with van der Waals surface area (Å²) in [6, 6.07) is 5.28. The molecule has 2 aliphatic rings. The monoisotopic (exact) mass is 276 g/mol. The van der Waals surface area contributed by atoms with Gasteiger partial charge in [-0.25, -0.2) is 4.39 Å². The average Bonchev–Trinajstić information content (AvgIpc) is 3.22. The summed E-state index contributed by atoms with van der Waals surface area (Å²) in [5, 5.41) is 0. The first kappa shape index (κ1) is 13.6. The van der Waals surface area contributed by atoms with Crippen LogP contribution in [0.4, 0.5) is 4.39 Å². The lowest BCUT2D eigenvalue weighted by atomic mass is 9.95. The average molecular weight is 276 g/mol. The summed E-state index contributed by atoms with van der Waals surface area (Å²) in [6.07, 6.45) is 4.40. The van der Waals surface area contributed by atoms with Crippen molar-refractivity contribution in [2.24, 2.45) is 5.73 Å². The lowest BCUT2D eigenvalue weighted by molar-refractivity contribution is -0.133. The minimum absolute atomic E-state index is 0.0630. The summed E-state index contributed by atoms with van der Waals surface area (Å²) >= 11 is 0. The molecule has 2 fully saturated rings. The van der Waals surface area contributed by atoms with Crippen LogP contribution in [0.1, 0.15) is 49.3 Å². The van der Waals surface area contributed by atoms with Crippen molar-refractivity contribution in [3.05, 3.63) is 35.1 Å². The Morgan fingerprint density at radius 2 is 2.05 bits per heavy atom. The third-order valence-corrected chi connectivity index (χ3v) is 4.39. The fourth-order valence-corrected chi connectivity index (χ4v) is 3.18. The Morgan fingerprint density at radius 1 is 1.30 bits per heavy atom. The molecule has 108 valence electrons. The largest absolute Gasteiger partial charge is 0.331 e. The summed E-state index contributed by atoms with van der Waals surface area (Å²) in [5.41, 5.74) is 7.91. The van der Waals surface area contributed by atoms with E-state index in [-0.39, 0.29) is 23.8 Å². The number of carbonyl (C=O) groups is 1. The van der Waals surface area contributed by atoms with Gasteiger partial charge in [0.1, 0.15) is 5.82 Å². The second-order valence-corrected chi connectivity index (χ2v) is 6.04. The van der Waals surface area contributed by atoms with Gasteiger partial charge in [0.25, 0.3) is 0 Å². The van der Waals surface area contributed by atoms with Crippen molar-refractivity contribution in [1.29, 1.82) is 0 Å². The smallest absolute Gasteiger partial charge is 0.223 e. The summed E-state index contributed by atoms with van der Waals surface area (Å²) in [5.74, 6) is -0.00679. The third-order valence-electron chi connectivity index (χ3n) is 4.39. The minimum atomic E-state index is -0.208. The first-order valence-electron chi connectivity index (χ1n) is 7.40. The van der Waals surface area contributed by atoms with Crippen molar-refractivity contribution in [2.45, 2.75) is 57.2 Å². The molecule has 3 nitrogen and oxygen atoms in total. The van der Waals surface area contributed by atoms with Crippen molar-refractivity contribution < 1.29 is 9.18 Å². The summed E-state index contributed by atoms with van der Waals surface area (Å²) in [4.78, 5) is 14.3. The van der Waals surface area contributed by atoms with Crippen LogP contribution in [0.3, 0.4) is 0 Å². The second-order valence-electron chi connectivity index (χ2n) is 6.04. The van der Waals surface area contributed by atoms with E-state index in [4.69, 9.17) is 5.73 Å². The first-order valence-corrected chi connectivity index (χ1v) is 7.40. The fourth-order valence-electron chi connectivity index (χ4n) is 3.18. The molecular formula is C16H21FN2O. The molecular weight excluding hydrogens is 255 g/mol. The van der Waals surface area contributed by atoms with Gasteiger partial charge in [-0.1, -0.05) is 12.1 Å². The zero-order valence-electron chi connectivity index (χ0n) is 11.8. The van der Waals surface area contributed by atoms with Crippen LogP contribution in [0.25, 0.3) is 0 Å². The summed E-state index contributed by atoms with van der Waals surface area (Å²) in [7, 11) is 0. The maximum atomic E-state index is 13.5. The molecule has 0 spiro atoms. The van der Waals surface area contributed by atoms with Gasteiger partial charge in [-0.2, -0.15) is 0 Å². The Bertz CT molecular complexity index is 527. The van der Waals surface area contributed by atoms with E-state index < -0.39 is 0 Å². The molecule has 0 bridgehead atoms. The predicted octanol–water partition coefficient (Wildman–Crippen LogP) is 2.68. The zero-order chi connectivity index (χ0) is 14.3. The highest BCUT2D eigenvalue weighted by Gasteiger charge is 2.41. The lowest BCUT2D eigenvalue weighted by Crippen LogP contribution is -2.43. The summed E-state index contributed by atoms with van der Waals surface area (Å²) < 4.78 is 13.5. The van der Waals surface area contributed by atoms with Crippen molar-refractivity contribution in [2.75, 3.05) is 0 Å². The van der Waals surface area contributed by atoms with E-state index in [0.29, 0.717) is 18.0 Å². The molecule has 4 heteroatoms. The van der Waals surface area contributed by atoms with Gasteiger partial charge in [0.2, 0.25) is 5.91 Å². The highest BCUT2D eigenvalue weighted by atomic mass is 19.1. The number of carbonyl (C=O) groups excluding carboxylic acids is 1. The SMILES string of the molecule is Cc1cc(C2C(N)CCCC(=O)N2C2CC2)ccc1F. The van der Waals surface area contributed by atoms with E-state index in [1.54, 1.807) is 13.0 Å². The molecule has 1 aromatic carbocycles. The van der Waals surface area contributed by atoms with Crippen LogP contribution < -0.4 is 5.73 Å². The van der Waals surface area contributed by atoms with Gasteiger partial charge in [-0.15, -0.1) is 0 Å². The van der Waals surface area contributed by atoms with E-state index in [0.717, 1.165) is 31.2 Å². The predicted molar refractivity (Wildman–Crippen MR) is 75.6 cm³/mol. The molecule has 0 aromatic heterocycles. The maximum absolute atomic E-state index is 13.5. The number of aryl methyl sites for hydroxylation is 1. The fraction of sp³-hybridized carbons (Fsp3) is 0.562. The van der Waals surface area contributed by atoms with Crippen molar-refractivity contribution in [3.8, 4) is 0 Å². The van der Waals surface area contributed by atoms with Gasteiger partial charge in [-0.05, 0) is 49.8 Å². The Labute approximate surface area is 118 Å². The van der Waals surface area contributed by atoms with Gasteiger partial charge < -0.3 is 10.6 Å². The van der Waals surface area contributed by atoms with Gasteiger partial charge in [0.15, 0.2) is 0 Å². The number of hydrogen-bond donors (Lipinski definition) is 1. The molecule has 1 aliphatic heterocycles. The molecule has 1 aliphatic carbocycles. The molecule has 0 radical (unpaired) electrons. The molecule has 1 saturated heterocycles. The van der Waals surface area contributed by atoms with E-state index in [2.05, 4.69) is 0 Å². The Morgan fingerprint density at radius 3 is 2.70 bits per heavy atom. The van der Waals surface area contributed by atoms with Crippen molar-refractivity contribution in [3.63, 3.8) is 0 Å². The van der Waals surface area contributed by atoms with E-state index in [1.807, 2.05) is 11.0 Å². The number of hydrogen-bond acceptors (Lipinski definition) is 2. The molecule has 1 aromatic rings. The van der Waals surface area contributed by atoms with E-state index >= 15 is 0 Å². The molecule has 1 heterocycles. The van der Waals surface area contributed by atoms with Gasteiger partial charge >= 0.3 is 0 Å². The van der Waals surface area contributed by atoms with Crippen LogP contribution in [0.2, 0.25) is 0 Å². The lowest BCUT2D eigenvalue weighted by Gasteiger charge is -2.34. The highest BCUT2D eigenvalue weighted by molar-refractivity contribution is 5.78. The molecule has 2 unspecified atom stereocenters. The quantitative estimate of drug-likeness (QED) is 0.902. The normalized spacial score (nSPS) is 27.6. The van der Waals surface area contributed by atoms with Crippen molar-refractivity contribution in [1.82, 2.24) is 4.90 Å². The molecule has 3 rings (SSSR count). The maximum Gasteiger partial charge on any atom is 0.223 e. The number of halogens is 1. The zero-order valence-corrected chi connectivity index (χ0v) is 11.8. The number of rotatable bonds is 2. The number of amides is 1. The van der Waals surface area contributed by atoms with Crippen LogP contribution >= 0.6 is 0 Å². The Balaban J connectivity index is 2.00. The molecule has 2 atom stereocenters. The minimum Gasteiger partial charge on any atom is -0.331 e. The first-order chi connectivity index (χ1) is 9.58. The topological polar surface area (TPSA) is 46.3 Å². The standard InChI is InChI=1S/C16H21FN2O/c1-10-9-11(5-8-13(10)17)16-14(18)3-2-4-15(20)19(16)12-6-7-12/h5,8-9,12,14,16H,2-4,6-7,18H2,1H3. The second kappa shape index (κ2) is 5.17. The molecule has 1 saturated carbocycles. The highest BCUT2D eigenvalue weighted by Crippen LogP contribution is 2.39. The van der Waals surface area contributed by atoms with E-state index in [9.17, 15) is 9.18 Å². The summed E-state index contributed by atoms with van der Waals surface area (Å²) in [6.45, 7) is 1.75. The van der Waals surface area contributed by atoms with Crippen LogP contribution in [0, 0.1) is 12.7 Å². The Hall–Kier alpha value is -1.42. The van der Waals surface area contributed by atoms with Crippen molar-refractivity contribution >= 4 is 5.91 Å². The number of benzene rings is 1. The van der Waals surface area contributed by atoms with Gasteiger partial charge in [-0.3, -0.25) is 4.79 Å². The number of nitrogens with zero attached hydrogens (tertiary/aromatic N) is 1. The molecule has 20 heavy (non-hydrogen) atoms. The Kier molecular flexibility index (Phi) is 3.50. The third kappa shape index (κ3) is 2.44.